The molecule has 2 rings (SSSR count). The molecule has 1 heterocycles. The first-order valence-electron chi connectivity index (χ1n) is 13.6. The molecular weight excluding hydrogens is 516 g/mol. The van der Waals surface area contributed by atoms with Gasteiger partial charge in [-0.2, -0.15) is 0 Å². The Bertz CT molecular complexity index is 1070. The highest BCUT2D eigenvalue weighted by Gasteiger charge is 2.33. The summed E-state index contributed by atoms with van der Waals surface area (Å²) in [5.41, 5.74) is -0.239. The van der Waals surface area contributed by atoms with Crippen LogP contribution in [0.2, 0.25) is 0 Å². The molecule has 1 aliphatic rings. The second kappa shape index (κ2) is 15.0. The molecule has 1 aliphatic heterocycles. The Balaban J connectivity index is 2.28. The van der Waals surface area contributed by atoms with E-state index >= 15 is 0 Å². The lowest BCUT2D eigenvalue weighted by atomic mass is 9.97. The molecule has 1 aromatic carbocycles. The molecule has 4 unspecified atom stereocenters. The maximum atomic E-state index is 13.6. The number of carbonyl (C=O) groups is 5. The number of esters is 1. The monoisotopic (exact) mass is 558 g/mol. The van der Waals surface area contributed by atoms with Crippen LogP contribution in [-0.2, 0) is 28.7 Å². The molecule has 0 saturated carbocycles. The SMILES string of the molecule is CCOC(=O)/C=C/C(CC1CCNC1=O)NC(=O)C(NC(=O)C(NC(=O)OC(C)(C)C)C(C)C)c1ccccc1. The van der Waals surface area contributed by atoms with Crippen molar-refractivity contribution in [1.82, 2.24) is 21.3 Å². The first-order chi connectivity index (χ1) is 18.8. The van der Waals surface area contributed by atoms with E-state index in [9.17, 15) is 24.0 Å². The largest absolute Gasteiger partial charge is 0.463 e. The Morgan fingerprint density at radius 2 is 1.73 bits per heavy atom. The van der Waals surface area contributed by atoms with Gasteiger partial charge in [-0.05, 0) is 52.0 Å². The number of hydrogen-bond donors (Lipinski definition) is 4. The maximum Gasteiger partial charge on any atom is 0.408 e. The number of benzene rings is 1. The zero-order valence-electron chi connectivity index (χ0n) is 24.1. The molecular formula is C29H42N4O7. The number of hydrogen-bond acceptors (Lipinski definition) is 7. The molecule has 1 saturated heterocycles. The quantitative estimate of drug-likeness (QED) is 0.227. The van der Waals surface area contributed by atoms with E-state index in [1.54, 1.807) is 71.9 Å². The molecule has 0 radical (unpaired) electrons. The summed E-state index contributed by atoms with van der Waals surface area (Å²) in [4.78, 5) is 63.6. The predicted molar refractivity (Wildman–Crippen MR) is 149 cm³/mol. The fourth-order valence-corrected chi connectivity index (χ4v) is 4.16. The molecule has 11 heteroatoms. The third kappa shape index (κ3) is 10.7. The van der Waals surface area contributed by atoms with Gasteiger partial charge in [-0.15, -0.1) is 0 Å². The van der Waals surface area contributed by atoms with E-state index in [0.29, 0.717) is 18.5 Å². The van der Waals surface area contributed by atoms with Gasteiger partial charge < -0.3 is 30.7 Å². The number of alkyl carbamates (subject to hydrolysis) is 1. The minimum absolute atomic E-state index is 0.121. The summed E-state index contributed by atoms with van der Waals surface area (Å²) < 4.78 is 10.3. The summed E-state index contributed by atoms with van der Waals surface area (Å²) in [7, 11) is 0. The van der Waals surface area contributed by atoms with Gasteiger partial charge in [0.2, 0.25) is 17.7 Å². The lowest BCUT2D eigenvalue weighted by Gasteiger charge is -2.28. The van der Waals surface area contributed by atoms with Crippen molar-refractivity contribution in [1.29, 1.82) is 0 Å². The van der Waals surface area contributed by atoms with Crippen LogP contribution < -0.4 is 21.3 Å². The molecule has 4 N–H and O–H groups in total. The average molecular weight is 559 g/mol. The number of amides is 4. The highest BCUT2D eigenvalue weighted by Crippen LogP contribution is 2.19. The standard InChI is InChI=1S/C29H42N4O7/c1-7-39-22(34)14-13-21(17-20-15-16-30-25(20)35)31-27(37)24(19-11-9-8-10-12-19)32-26(36)23(18(2)3)33-28(38)40-29(4,5)6/h8-14,18,20-21,23-24H,7,15-17H2,1-6H3,(H,30,35)(H,31,37)(H,32,36)(H,33,38)/b14-13+. The van der Waals surface area contributed by atoms with E-state index in [1.165, 1.54) is 12.2 Å². The Kier molecular flexibility index (Phi) is 12.2. The van der Waals surface area contributed by atoms with Crippen molar-refractivity contribution < 1.29 is 33.4 Å². The zero-order valence-corrected chi connectivity index (χ0v) is 24.1. The molecule has 40 heavy (non-hydrogen) atoms. The summed E-state index contributed by atoms with van der Waals surface area (Å²) in [6.07, 6.45) is 2.83. The van der Waals surface area contributed by atoms with E-state index in [-0.39, 0.29) is 30.8 Å². The minimum Gasteiger partial charge on any atom is -0.463 e. The molecule has 220 valence electrons. The van der Waals surface area contributed by atoms with E-state index < -0.39 is 47.6 Å². The fourth-order valence-electron chi connectivity index (χ4n) is 4.16. The van der Waals surface area contributed by atoms with Gasteiger partial charge in [-0.3, -0.25) is 14.4 Å². The number of rotatable bonds is 12. The van der Waals surface area contributed by atoms with Crippen LogP contribution in [0.1, 0.15) is 66.0 Å². The van der Waals surface area contributed by atoms with E-state index in [2.05, 4.69) is 21.3 Å². The van der Waals surface area contributed by atoms with Crippen LogP contribution in [0.3, 0.4) is 0 Å². The number of ether oxygens (including phenoxy) is 2. The molecule has 11 nitrogen and oxygen atoms in total. The summed E-state index contributed by atoms with van der Waals surface area (Å²) in [6, 6.07) is 5.87. The zero-order chi connectivity index (χ0) is 29.9. The molecule has 0 spiro atoms. The van der Waals surface area contributed by atoms with Crippen LogP contribution in [0.4, 0.5) is 4.79 Å². The van der Waals surface area contributed by atoms with Crippen molar-refractivity contribution in [3.8, 4) is 0 Å². The molecule has 1 aromatic rings. The highest BCUT2D eigenvalue weighted by atomic mass is 16.6. The molecule has 0 aromatic heterocycles. The molecule has 4 atom stereocenters. The fraction of sp³-hybridized carbons (Fsp3) is 0.552. The summed E-state index contributed by atoms with van der Waals surface area (Å²) in [5, 5.41) is 11.0. The van der Waals surface area contributed by atoms with Crippen LogP contribution in [0.15, 0.2) is 42.5 Å². The smallest absolute Gasteiger partial charge is 0.408 e. The summed E-state index contributed by atoms with van der Waals surface area (Å²) in [5.74, 6) is -2.46. The number of nitrogens with one attached hydrogen (secondary N) is 4. The lowest BCUT2D eigenvalue weighted by Crippen LogP contribution is -2.53. The predicted octanol–water partition coefficient (Wildman–Crippen LogP) is 2.52. The van der Waals surface area contributed by atoms with Crippen molar-refractivity contribution in [2.75, 3.05) is 13.2 Å². The van der Waals surface area contributed by atoms with E-state index in [0.717, 1.165) is 0 Å². The first kappa shape index (κ1) is 32.3. The van der Waals surface area contributed by atoms with Gasteiger partial charge in [0.05, 0.1) is 6.61 Å². The maximum absolute atomic E-state index is 13.6. The molecule has 1 fully saturated rings. The third-order valence-corrected chi connectivity index (χ3v) is 6.08. The van der Waals surface area contributed by atoms with Gasteiger partial charge in [-0.25, -0.2) is 9.59 Å². The number of carbonyl (C=O) groups excluding carboxylic acids is 5. The van der Waals surface area contributed by atoms with E-state index in [4.69, 9.17) is 9.47 Å². The van der Waals surface area contributed by atoms with Gasteiger partial charge in [-0.1, -0.05) is 50.3 Å². The van der Waals surface area contributed by atoms with Gasteiger partial charge in [0.15, 0.2) is 0 Å². The summed E-state index contributed by atoms with van der Waals surface area (Å²) in [6.45, 7) is 11.1. The Morgan fingerprint density at radius 3 is 2.27 bits per heavy atom. The molecule has 4 amide bonds. The van der Waals surface area contributed by atoms with Crippen molar-refractivity contribution >= 4 is 29.8 Å². The first-order valence-corrected chi connectivity index (χ1v) is 13.6. The second-order valence-corrected chi connectivity index (χ2v) is 11.0. The van der Waals surface area contributed by atoms with Crippen LogP contribution in [0.25, 0.3) is 0 Å². The highest BCUT2D eigenvalue weighted by molar-refractivity contribution is 5.92. The van der Waals surface area contributed by atoms with E-state index in [1.807, 2.05) is 0 Å². The van der Waals surface area contributed by atoms with Gasteiger partial charge in [0.1, 0.15) is 17.7 Å². The Labute approximate surface area is 235 Å². The normalized spacial score (nSPS) is 17.5. The molecule has 0 bridgehead atoms. The summed E-state index contributed by atoms with van der Waals surface area (Å²) >= 11 is 0. The van der Waals surface area contributed by atoms with Crippen LogP contribution in [-0.4, -0.2) is 60.6 Å². The molecule has 0 aliphatic carbocycles. The second-order valence-electron chi connectivity index (χ2n) is 11.0. The minimum atomic E-state index is -1.12. The third-order valence-electron chi connectivity index (χ3n) is 6.08. The van der Waals surface area contributed by atoms with Crippen molar-refractivity contribution in [2.24, 2.45) is 11.8 Å². The van der Waals surface area contributed by atoms with Crippen molar-refractivity contribution in [3.63, 3.8) is 0 Å². The van der Waals surface area contributed by atoms with Gasteiger partial charge >= 0.3 is 12.1 Å². The van der Waals surface area contributed by atoms with Crippen molar-refractivity contribution in [2.45, 2.75) is 78.1 Å². The Morgan fingerprint density at radius 1 is 1.05 bits per heavy atom. The Hall–Kier alpha value is -3.89. The van der Waals surface area contributed by atoms with Crippen LogP contribution >= 0.6 is 0 Å². The van der Waals surface area contributed by atoms with Gasteiger partial charge in [0.25, 0.3) is 0 Å². The topological polar surface area (TPSA) is 152 Å². The van der Waals surface area contributed by atoms with Crippen LogP contribution in [0, 0.1) is 11.8 Å². The average Bonchev–Trinajstić information content (AvgIpc) is 3.27. The van der Waals surface area contributed by atoms with Crippen molar-refractivity contribution in [3.05, 3.63) is 48.0 Å². The van der Waals surface area contributed by atoms with Crippen LogP contribution in [0.5, 0.6) is 0 Å². The van der Waals surface area contributed by atoms with Gasteiger partial charge in [0, 0.05) is 24.6 Å². The lowest BCUT2D eigenvalue weighted by molar-refractivity contribution is -0.137.